The average molecular weight is 279 g/mol. The highest BCUT2D eigenvalue weighted by Gasteiger charge is 2.40. The molecular weight excluding hydrogens is 258 g/mol. The van der Waals surface area contributed by atoms with E-state index in [1.165, 1.54) is 6.92 Å². The highest BCUT2D eigenvalue weighted by molar-refractivity contribution is 5.84. The van der Waals surface area contributed by atoms with Crippen LogP contribution >= 0.6 is 0 Å². The maximum atomic E-state index is 11.8. The Morgan fingerprint density at radius 1 is 1.35 bits per heavy atom. The van der Waals surface area contributed by atoms with Crippen LogP contribution in [-0.2, 0) is 16.1 Å². The van der Waals surface area contributed by atoms with E-state index in [0.717, 1.165) is 5.56 Å². The molecule has 0 aliphatic carbocycles. The molecule has 5 nitrogen and oxygen atoms in total. The number of ether oxygens (including phenoxy) is 1. The largest absolute Gasteiger partial charge is 0.480 e. The van der Waals surface area contributed by atoms with Crippen molar-refractivity contribution in [2.45, 2.75) is 39.3 Å². The molecule has 0 radical (unpaired) electrons. The van der Waals surface area contributed by atoms with Gasteiger partial charge in [0.25, 0.3) is 0 Å². The first-order valence-corrected chi connectivity index (χ1v) is 6.62. The molecule has 1 aromatic carbocycles. The van der Waals surface area contributed by atoms with E-state index in [4.69, 9.17) is 4.74 Å². The third kappa shape index (κ3) is 3.98. The van der Waals surface area contributed by atoms with Gasteiger partial charge in [0.2, 0.25) is 0 Å². The summed E-state index contributed by atoms with van der Waals surface area (Å²) in [4.78, 5) is 23.1. The number of carbonyl (C=O) groups is 2. The maximum Gasteiger partial charge on any atom is 0.408 e. The SMILES string of the molecule is CC[C@@H](C)[C@@](C)(NC(=O)OCc1ccccc1)C(=O)O. The Bertz CT molecular complexity index is 460. The van der Waals surface area contributed by atoms with Crippen LogP contribution in [0, 0.1) is 5.92 Å². The van der Waals surface area contributed by atoms with Crippen molar-refractivity contribution in [1.82, 2.24) is 5.32 Å². The molecule has 0 saturated heterocycles. The number of rotatable bonds is 6. The van der Waals surface area contributed by atoms with Crippen molar-refractivity contribution in [2.75, 3.05) is 0 Å². The molecule has 1 amide bonds. The van der Waals surface area contributed by atoms with Crippen LogP contribution < -0.4 is 5.32 Å². The summed E-state index contributed by atoms with van der Waals surface area (Å²) in [6.07, 6.45) is -0.0825. The number of hydrogen-bond donors (Lipinski definition) is 2. The van der Waals surface area contributed by atoms with Gasteiger partial charge in [0.15, 0.2) is 0 Å². The predicted molar refractivity (Wildman–Crippen MR) is 75.3 cm³/mol. The summed E-state index contributed by atoms with van der Waals surface area (Å²) in [5.41, 5.74) is -0.481. The van der Waals surface area contributed by atoms with Crippen LogP contribution in [0.25, 0.3) is 0 Å². The van der Waals surface area contributed by atoms with Crippen molar-refractivity contribution >= 4 is 12.1 Å². The molecule has 0 unspecified atom stereocenters. The van der Waals surface area contributed by atoms with Gasteiger partial charge in [-0.05, 0) is 18.4 Å². The number of amides is 1. The van der Waals surface area contributed by atoms with E-state index in [0.29, 0.717) is 6.42 Å². The number of carbonyl (C=O) groups excluding carboxylic acids is 1. The van der Waals surface area contributed by atoms with Gasteiger partial charge in [0.05, 0.1) is 0 Å². The summed E-state index contributed by atoms with van der Waals surface area (Å²) in [6, 6.07) is 9.22. The lowest BCUT2D eigenvalue weighted by Gasteiger charge is -2.31. The number of carboxylic acid groups (broad SMARTS) is 1. The van der Waals surface area contributed by atoms with Crippen molar-refractivity contribution in [2.24, 2.45) is 5.92 Å². The number of hydrogen-bond acceptors (Lipinski definition) is 3. The van der Waals surface area contributed by atoms with Crippen molar-refractivity contribution in [3.8, 4) is 0 Å². The topological polar surface area (TPSA) is 75.6 Å². The first-order chi connectivity index (χ1) is 9.40. The summed E-state index contributed by atoms with van der Waals surface area (Å²) in [5.74, 6) is -1.27. The van der Waals surface area contributed by atoms with Crippen LogP contribution in [0.2, 0.25) is 0 Å². The maximum absolute atomic E-state index is 11.8. The van der Waals surface area contributed by atoms with Crippen LogP contribution in [0.15, 0.2) is 30.3 Å². The van der Waals surface area contributed by atoms with E-state index in [9.17, 15) is 14.7 Å². The lowest BCUT2D eigenvalue weighted by atomic mass is 9.85. The minimum absolute atomic E-state index is 0.114. The molecule has 0 spiro atoms. The number of nitrogens with one attached hydrogen (secondary N) is 1. The summed E-state index contributed by atoms with van der Waals surface area (Å²) in [7, 11) is 0. The number of benzene rings is 1. The molecule has 0 aromatic heterocycles. The normalized spacial score (nSPS) is 14.9. The Labute approximate surface area is 118 Å². The lowest BCUT2D eigenvalue weighted by Crippen LogP contribution is -2.56. The molecular formula is C15H21NO4. The minimum atomic E-state index is -1.33. The van der Waals surface area contributed by atoms with Gasteiger partial charge in [-0.3, -0.25) is 0 Å². The average Bonchev–Trinajstić information content (AvgIpc) is 2.45. The molecule has 2 atom stereocenters. The molecule has 1 rings (SSSR count). The van der Waals surface area contributed by atoms with Gasteiger partial charge in [-0.1, -0.05) is 50.6 Å². The van der Waals surface area contributed by atoms with Gasteiger partial charge in [-0.15, -0.1) is 0 Å². The molecule has 0 bridgehead atoms. The zero-order valence-corrected chi connectivity index (χ0v) is 12.1. The minimum Gasteiger partial charge on any atom is -0.480 e. The zero-order valence-electron chi connectivity index (χ0n) is 12.1. The van der Waals surface area contributed by atoms with Gasteiger partial charge in [0, 0.05) is 0 Å². The summed E-state index contributed by atoms with van der Waals surface area (Å²) < 4.78 is 5.06. The Kier molecular flexibility index (Phi) is 5.55. The highest BCUT2D eigenvalue weighted by atomic mass is 16.5. The van der Waals surface area contributed by atoms with Crippen LogP contribution in [0.5, 0.6) is 0 Å². The van der Waals surface area contributed by atoms with Crippen LogP contribution in [0.4, 0.5) is 4.79 Å². The van der Waals surface area contributed by atoms with E-state index < -0.39 is 17.6 Å². The Morgan fingerprint density at radius 2 is 1.95 bits per heavy atom. The molecule has 0 fully saturated rings. The quantitative estimate of drug-likeness (QED) is 0.839. The smallest absolute Gasteiger partial charge is 0.408 e. The lowest BCUT2D eigenvalue weighted by molar-refractivity contribution is -0.146. The Hall–Kier alpha value is -2.04. The molecule has 2 N–H and O–H groups in total. The van der Waals surface area contributed by atoms with Crippen molar-refractivity contribution in [3.63, 3.8) is 0 Å². The number of carboxylic acids is 1. The summed E-state index contributed by atoms with van der Waals surface area (Å²) >= 11 is 0. The number of aliphatic carboxylic acids is 1. The van der Waals surface area contributed by atoms with E-state index in [-0.39, 0.29) is 12.5 Å². The van der Waals surface area contributed by atoms with E-state index in [1.54, 1.807) is 6.92 Å². The summed E-state index contributed by atoms with van der Waals surface area (Å²) in [5, 5.41) is 11.8. The van der Waals surface area contributed by atoms with Gasteiger partial charge < -0.3 is 15.2 Å². The Balaban J connectivity index is 2.61. The van der Waals surface area contributed by atoms with Crippen LogP contribution in [-0.4, -0.2) is 22.7 Å². The molecule has 20 heavy (non-hydrogen) atoms. The van der Waals surface area contributed by atoms with Gasteiger partial charge in [-0.25, -0.2) is 9.59 Å². The van der Waals surface area contributed by atoms with Gasteiger partial charge in [0.1, 0.15) is 12.1 Å². The third-order valence-corrected chi connectivity index (χ3v) is 3.62. The fraction of sp³-hybridized carbons (Fsp3) is 0.467. The molecule has 0 aliphatic rings. The van der Waals surface area contributed by atoms with Crippen LogP contribution in [0.3, 0.4) is 0 Å². The summed E-state index contributed by atoms with van der Waals surface area (Å²) in [6.45, 7) is 5.27. The second-order valence-corrected chi connectivity index (χ2v) is 5.00. The van der Waals surface area contributed by atoms with E-state index in [1.807, 2.05) is 37.3 Å². The molecule has 0 saturated carbocycles. The first kappa shape index (κ1) is 16.0. The monoisotopic (exact) mass is 279 g/mol. The highest BCUT2D eigenvalue weighted by Crippen LogP contribution is 2.20. The molecule has 110 valence electrons. The third-order valence-electron chi connectivity index (χ3n) is 3.62. The Morgan fingerprint density at radius 3 is 2.45 bits per heavy atom. The van der Waals surface area contributed by atoms with Gasteiger partial charge in [-0.2, -0.15) is 0 Å². The predicted octanol–water partition coefficient (Wildman–Crippen LogP) is 2.80. The van der Waals surface area contributed by atoms with Crippen molar-refractivity contribution < 1.29 is 19.4 Å². The first-order valence-electron chi connectivity index (χ1n) is 6.62. The fourth-order valence-electron chi connectivity index (χ4n) is 1.77. The second kappa shape index (κ2) is 6.93. The van der Waals surface area contributed by atoms with Crippen LogP contribution in [0.1, 0.15) is 32.8 Å². The van der Waals surface area contributed by atoms with E-state index >= 15 is 0 Å². The van der Waals surface area contributed by atoms with Crippen molar-refractivity contribution in [3.05, 3.63) is 35.9 Å². The van der Waals surface area contributed by atoms with E-state index in [2.05, 4.69) is 5.32 Å². The zero-order chi connectivity index (χ0) is 15.2. The number of alkyl carbamates (subject to hydrolysis) is 1. The van der Waals surface area contributed by atoms with Crippen molar-refractivity contribution in [1.29, 1.82) is 0 Å². The second-order valence-electron chi connectivity index (χ2n) is 5.00. The molecule has 0 aliphatic heterocycles. The van der Waals surface area contributed by atoms with Gasteiger partial charge >= 0.3 is 12.1 Å². The molecule has 5 heteroatoms. The standard InChI is InChI=1S/C15H21NO4/c1-4-11(2)15(3,13(17)18)16-14(19)20-10-12-8-6-5-7-9-12/h5-9,11H,4,10H2,1-3H3,(H,16,19)(H,17,18)/t11-,15-/m1/s1. The fourth-order valence-corrected chi connectivity index (χ4v) is 1.77. The molecule has 1 aromatic rings. The molecule has 0 heterocycles.